The van der Waals surface area contributed by atoms with E-state index in [1.54, 1.807) is 0 Å². The van der Waals surface area contributed by atoms with E-state index in [0.717, 1.165) is 36.0 Å². The molecule has 0 aliphatic heterocycles. The van der Waals surface area contributed by atoms with E-state index in [-0.39, 0.29) is 12.3 Å². The van der Waals surface area contributed by atoms with Gasteiger partial charge in [-0.15, -0.1) is 0 Å². The number of amides is 1. The monoisotopic (exact) mass is 397 g/mol. The first-order valence-electron chi connectivity index (χ1n) is 10.5. The van der Waals surface area contributed by atoms with Gasteiger partial charge in [-0.1, -0.05) is 12.1 Å². The Morgan fingerprint density at radius 1 is 0.966 bits per heavy atom. The molecule has 6 rings (SSSR count). The molecule has 0 saturated heterocycles. The number of ether oxygens (including phenoxy) is 1. The van der Waals surface area contributed by atoms with Gasteiger partial charge in [0.25, 0.3) is 5.91 Å². The van der Waals surface area contributed by atoms with Crippen LogP contribution < -0.4 is 10.1 Å². The third-order valence-corrected chi connectivity index (χ3v) is 7.08. The van der Waals surface area contributed by atoms with Gasteiger partial charge in [-0.25, -0.2) is 8.78 Å². The second kappa shape index (κ2) is 7.12. The molecule has 2 aromatic carbocycles. The summed E-state index contributed by atoms with van der Waals surface area (Å²) >= 11 is 0. The lowest BCUT2D eigenvalue weighted by molar-refractivity contribution is -0.118. The van der Waals surface area contributed by atoms with Crippen LogP contribution in [0.3, 0.4) is 0 Å². The molecular weight excluding hydrogens is 372 g/mol. The van der Waals surface area contributed by atoms with Crippen molar-refractivity contribution in [1.82, 2.24) is 0 Å². The largest absolute Gasteiger partial charge is 0.484 e. The Morgan fingerprint density at radius 3 is 2.21 bits per heavy atom. The quantitative estimate of drug-likeness (QED) is 0.729. The van der Waals surface area contributed by atoms with Gasteiger partial charge < -0.3 is 10.1 Å². The fraction of sp³-hybridized carbons (Fsp3) is 0.458. The van der Waals surface area contributed by atoms with E-state index in [0.29, 0.717) is 11.2 Å². The van der Waals surface area contributed by atoms with Crippen LogP contribution in [0.4, 0.5) is 14.5 Å². The molecule has 0 atom stereocenters. The molecule has 4 aliphatic rings. The molecule has 4 bridgehead atoms. The Morgan fingerprint density at radius 2 is 1.59 bits per heavy atom. The number of carbonyl (C=O) groups excluding carboxylic acids is 1. The highest BCUT2D eigenvalue weighted by molar-refractivity contribution is 5.92. The minimum atomic E-state index is -0.681. The van der Waals surface area contributed by atoms with Crippen LogP contribution in [0.5, 0.6) is 5.75 Å². The maximum absolute atomic E-state index is 13.6. The maximum atomic E-state index is 13.6. The molecule has 0 aromatic heterocycles. The Labute approximate surface area is 169 Å². The molecule has 0 radical (unpaired) electrons. The number of carbonyl (C=O) groups is 1. The Kier molecular flexibility index (Phi) is 4.56. The number of rotatable bonds is 5. The molecule has 1 N–H and O–H groups in total. The van der Waals surface area contributed by atoms with Crippen molar-refractivity contribution in [3.8, 4) is 5.75 Å². The average Bonchev–Trinajstić information content (AvgIpc) is 2.68. The first kappa shape index (κ1) is 18.6. The molecule has 4 fully saturated rings. The van der Waals surface area contributed by atoms with Gasteiger partial charge in [0.15, 0.2) is 6.61 Å². The lowest BCUT2D eigenvalue weighted by Crippen LogP contribution is -2.48. The van der Waals surface area contributed by atoms with Crippen molar-refractivity contribution in [1.29, 1.82) is 0 Å². The lowest BCUT2D eigenvalue weighted by Gasteiger charge is -2.57. The summed E-state index contributed by atoms with van der Waals surface area (Å²) in [5, 5.41) is 2.34. The van der Waals surface area contributed by atoms with Crippen LogP contribution >= 0.6 is 0 Å². The van der Waals surface area contributed by atoms with Crippen molar-refractivity contribution >= 4 is 11.6 Å². The van der Waals surface area contributed by atoms with Crippen molar-refractivity contribution in [3.63, 3.8) is 0 Å². The second-order valence-corrected chi connectivity index (χ2v) is 9.18. The Bertz CT molecular complexity index is 890. The normalized spacial score (nSPS) is 29.7. The zero-order valence-corrected chi connectivity index (χ0v) is 16.3. The highest BCUT2D eigenvalue weighted by Crippen LogP contribution is 2.60. The van der Waals surface area contributed by atoms with E-state index in [4.69, 9.17) is 4.74 Å². The fourth-order valence-corrected chi connectivity index (χ4v) is 6.30. The molecule has 0 unspecified atom stereocenters. The molecule has 5 heteroatoms. The zero-order chi connectivity index (χ0) is 20.0. The Hall–Kier alpha value is -2.43. The SMILES string of the molecule is O=C(COc1ccc(C23CC4CC(CC(C4)C2)C3)cc1)Nc1cc(F)ccc1F. The van der Waals surface area contributed by atoms with E-state index >= 15 is 0 Å². The van der Waals surface area contributed by atoms with Crippen LogP contribution in [-0.2, 0) is 10.2 Å². The van der Waals surface area contributed by atoms with Gasteiger partial charge in [0, 0.05) is 6.07 Å². The third kappa shape index (κ3) is 3.63. The van der Waals surface area contributed by atoms with Gasteiger partial charge in [-0.05, 0) is 91.5 Å². The molecule has 152 valence electrons. The minimum Gasteiger partial charge on any atom is -0.484 e. The summed E-state index contributed by atoms with van der Waals surface area (Å²) in [6, 6.07) is 11.1. The van der Waals surface area contributed by atoms with Crippen molar-refractivity contribution in [3.05, 3.63) is 59.7 Å². The summed E-state index contributed by atoms with van der Waals surface area (Å²) in [5.74, 6) is 1.47. The standard InChI is InChI=1S/C24H25F2NO2/c25-19-3-6-21(26)22(10-19)27-23(28)14-29-20-4-1-18(2-5-20)24-11-15-7-16(12-24)9-17(8-15)13-24/h1-6,10,15-17H,7-9,11-14H2,(H,27,28). The molecule has 1 amide bonds. The topological polar surface area (TPSA) is 38.3 Å². The number of halogens is 2. The molecule has 4 saturated carbocycles. The predicted molar refractivity (Wildman–Crippen MR) is 107 cm³/mol. The first-order valence-corrected chi connectivity index (χ1v) is 10.5. The van der Waals surface area contributed by atoms with Gasteiger partial charge >= 0.3 is 0 Å². The van der Waals surface area contributed by atoms with Gasteiger partial charge in [-0.2, -0.15) is 0 Å². The van der Waals surface area contributed by atoms with Crippen molar-refractivity contribution < 1.29 is 18.3 Å². The summed E-state index contributed by atoms with van der Waals surface area (Å²) < 4.78 is 32.4. The predicted octanol–water partition coefficient (Wildman–Crippen LogP) is 5.45. The molecule has 4 aliphatic carbocycles. The molecule has 0 heterocycles. The molecular formula is C24H25F2NO2. The van der Waals surface area contributed by atoms with Crippen LogP contribution in [0.1, 0.15) is 44.1 Å². The van der Waals surface area contributed by atoms with Crippen LogP contribution in [0, 0.1) is 29.4 Å². The summed E-state index contributed by atoms with van der Waals surface area (Å²) in [7, 11) is 0. The minimum absolute atomic E-state index is 0.184. The van der Waals surface area contributed by atoms with Crippen molar-refractivity contribution in [2.75, 3.05) is 11.9 Å². The zero-order valence-electron chi connectivity index (χ0n) is 16.3. The second-order valence-electron chi connectivity index (χ2n) is 9.18. The number of hydrogen-bond acceptors (Lipinski definition) is 2. The van der Waals surface area contributed by atoms with E-state index in [9.17, 15) is 13.6 Å². The van der Waals surface area contributed by atoms with Gasteiger partial charge in [-0.3, -0.25) is 4.79 Å². The van der Waals surface area contributed by atoms with Gasteiger partial charge in [0.05, 0.1) is 5.69 Å². The highest BCUT2D eigenvalue weighted by atomic mass is 19.1. The smallest absolute Gasteiger partial charge is 0.262 e. The van der Waals surface area contributed by atoms with Crippen molar-refractivity contribution in [2.24, 2.45) is 17.8 Å². The summed E-state index contributed by atoms with van der Waals surface area (Å²) in [4.78, 5) is 12.0. The number of hydrogen-bond donors (Lipinski definition) is 1. The molecule has 3 nitrogen and oxygen atoms in total. The maximum Gasteiger partial charge on any atom is 0.262 e. The Balaban J connectivity index is 1.21. The van der Waals surface area contributed by atoms with E-state index in [1.807, 2.05) is 12.1 Å². The summed E-state index contributed by atoms with van der Waals surface area (Å²) in [5.41, 5.74) is 1.55. The first-order chi connectivity index (χ1) is 14.0. The van der Waals surface area contributed by atoms with Crippen LogP contribution in [0.25, 0.3) is 0 Å². The average molecular weight is 397 g/mol. The lowest BCUT2D eigenvalue weighted by atomic mass is 9.48. The van der Waals surface area contributed by atoms with Crippen LogP contribution in [0.15, 0.2) is 42.5 Å². The van der Waals surface area contributed by atoms with E-state index in [2.05, 4.69) is 17.4 Å². The van der Waals surface area contributed by atoms with Crippen LogP contribution in [0.2, 0.25) is 0 Å². The van der Waals surface area contributed by atoms with Gasteiger partial charge in [0.2, 0.25) is 0 Å². The van der Waals surface area contributed by atoms with Gasteiger partial charge in [0.1, 0.15) is 17.4 Å². The van der Waals surface area contributed by atoms with Crippen molar-refractivity contribution in [2.45, 2.75) is 43.9 Å². The van der Waals surface area contributed by atoms with E-state index in [1.165, 1.54) is 44.1 Å². The van der Waals surface area contributed by atoms with Crippen LogP contribution in [-0.4, -0.2) is 12.5 Å². The number of nitrogens with one attached hydrogen (secondary N) is 1. The molecule has 0 spiro atoms. The fourth-order valence-electron chi connectivity index (χ4n) is 6.30. The van der Waals surface area contributed by atoms with E-state index < -0.39 is 17.5 Å². The number of benzene rings is 2. The molecule has 29 heavy (non-hydrogen) atoms. The molecule has 2 aromatic rings. The third-order valence-electron chi connectivity index (χ3n) is 7.08. The number of anilines is 1. The summed E-state index contributed by atoms with van der Waals surface area (Å²) in [6.45, 7) is -0.257. The highest BCUT2D eigenvalue weighted by Gasteiger charge is 2.51. The summed E-state index contributed by atoms with van der Waals surface area (Å²) in [6.07, 6.45) is 8.17.